The van der Waals surface area contributed by atoms with Crippen LogP contribution >= 0.6 is 0 Å². The topological polar surface area (TPSA) is 51.8 Å². The molecule has 0 spiro atoms. The van der Waals surface area contributed by atoms with Crippen LogP contribution in [0.25, 0.3) is 55.7 Å². The summed E-state index contributed by atoms with van der Waals surface area (Å²) in [5, 5.41) is 1.99. The van der Waals surface area contributed by atoms with Crippen LogP contribution < -0.4 is 0 Å². The first-order chi connectivity index (χ1) is 30.2. The maximum absolute atomic E-state index is 9.62. The number of rotatable bonds is 12. The Kier molecular flexibility index (Phi) is 9.01. The molecule has 4 aromatic heterocycles. The zero-order valence-electron chi connectivity index (χ0n) is 37.9. The van der Waals surface area contributed by atoms with Crippen molar-refractivity contribution in [3.8, 4) is 33.8 Å². The quantitative estimate of drug-likeness (QED) is 0.124. The Morgan fingerprint density at radius 2 is 0.966 bits per heavy atom. The lowest BCUT2D eigenvalue weighted by atomic mass is 9.77. The smallest absolute Gasteiger partial charge is 0.144 e. The number of pyridine rings is 3. The molecule has 59 heavy (non-hydrogen) atoms. The van der Waals surface area contributed by atoms with Crippen molar-refractivity contribution in [1.29, 1.82) is 0 Å². The van der Waals surface area contributed by atoms with Gasteiger partial charge in [0.05, 0.1) is 17.1 Å². The third-order valence-electron chi connectivity index (χ3n) is 11.4. The predicted octanol–water partition coefficient (Wildman–Crippen LogP) is 13.6. The third kappa shape index (κ3) is 8.22. The van der Waals surface area contributed by atoms with Crippen molar-refractivity contribution in [2.75, 3.05) is 0 Å². The SMILES string of the molecule is [2H]C([2H])(c1ccc(-c2cccc3c2oc2ccccc23)nc1)C([2H])([2H])c1cc(CC(C)(C)c2ccc(-c3ccccc3)nc2)cc(CC(C)(C)c2ccc(-c3ccccc3)nc2)c1. The van der Waals surface area contributed by atoms with Crippen LogP contribution in [0.2, 0.25) is 0 Å². The van der Waals surface area contributed by atoms with E-state index in [1.54, 1.807) is 12.1 Å². The van der Waals surface area contributed by atoms with Crippen molar-refractivity contribution in [3.63, 3.8) is 0 Å². The number of furan rings is 1. The van der Waals surface area contributed by atoms with Gasteiger partial charge in [-0.05, 0) is 100 Å². The molecule has 0 saturated carbocycles. The molecule has 0 unspecified atom stereocenters. The van der Waals surface area contributed by atoms with E-state index in [4.69, 9.17) is 19.4 Å². The summed E-state index contributed by atoms with van der Waals surface area (Å²) in [6.07, 6.45) is 1.61. The molecular formula is C55H49N3O. The van der Waals surface area contributed by atoms with Gasteiger partial charge < -0.3 is 4.42 Å². The second-order valence-corrected chi connectivity index (χ2v) is 16.7. The minimum Gasteiger partial charge on any atom is -0.455 e. The van der Waals surface area contributed by atoms with E-state index in [1.165, 1.54) is 6.20 Å². The lowest BCUT2D eigenvalue weighted by Gasteiger charge is -2.28. The number of benzene rings is 5. The third-order valence-corrected chi connectivity index (χ3v) is 11.4. The summed E-state index contributed by atoms with van der Waals surface area (Å²) < 4.78 is 44.4. The molecule has 0 amide bonds. The monoisotopic (exact) mass is 771 g/mol. The molecule has 0 fully saturated rings. The van der Waals surface area contributed by atoms with Crippen LogP contribution in [0.1, 0.15) is 66.6 Å². The van der Waals surface area contributed by atoms with Gasteiger partial charge in [0, 0.05) is 51.5 Å². The molecule has 0 atom stereocenters. The van der Waals surface area contributed by atoms with Gasteiger partial charge in [-0.15, -0.1) is 0 Å². The second kappa shape index (κ2) is 15.9. The highest BCUT2D eigenvalue weighted by Crippen LogP contribution is 2.36. The van der Waals surface area contributed by atoms with Crippen LogP contribution in [0, 0.1) is 0 Å². The van der Waals surface area contributed by atoms with E-state index < -0.39 is 12.7 Å². The van der Waals surface area contributed by atoms with Gasteiger partial charge in [-0.1, -0.05) is 155 Å². The Bertz CT molecular complexity index is 2920. The standard InChI is InChI=1S/C55H49N3O/c1-54(2,44-25-28-49(57-36-44)42-14-7-5-8-15-42)33-40-30-39(31-41(32-40)34-55(3,4)45-26-29-50(58-37-45)43-16-9-6-10-17-43)23-22-38-24-27-51(56-35-38)48-20-13-19-47-46-18-11-12-21-52(46)59-53(47)48/h5-21,24-32,35-37H,22-23,33-34H2,1-4H3/i22D2,23D2. The summed E-state index contributed by atoms with van der Waals surface area (Å²) in [5.41, 5.74) is 10.4. The van der Waals surface area contributed by atoms with Crippen LogP contribution in [0.5, 0.6) is 0 Å². The first kappa shape index (κ1) is 33.3. The summed E-state index contributed by atoms with van der Waals surface area (Å²) in [6.45, 7) is 8.70. The number of aromatic nitrogens is 3. The Labute approximate surface area is 353 Å². The fourth-order valence-corrected chi connectivity index (χ4v) is 8.13. The number of hydrogen-bond acceptors (Lipinski definition) is 4. The van der Waals surface area contributed by atoms with Gasteiger partial charge in [0.15, 0.2) is 0 Å². The lowest BCUT2D eigenvalue weighted by Crippen LogP contribution is -2.23. The Balaban J connectivity index is 1.05. The van der Waals surface area contributed by atoms with E-state index in [9.17, 15) is 5.48 Å². The maximum Gasteiger partial charge on any atom is 0.144 e. The number of para-hydroxylation sites is 2. The molecule has 0 saturated heterocycles. The number of nitrogens with zero attached hydrogens (tertiary/aromatic N) is 3. The fourth-order valence-electron chi connectivity index (χ4n) is 8.13. The van der Waals surface area contributed by atoms with Crippen molar-refractivity contribution in [1.82, 2.24) is 15.0 Å². The minimum atomic E-state index is -2.45. The maximum atomic E-state index is 9.62. The molecule has 0 bridgehead atoms. The zero-order chi connectivity index (χ0) is 44.0. The molecule has 290 valence electrons. The fraction of sp³-hybridized carbons (Fsp3) is 0.182. The highest BCUT2D eigenvalue weighted by Gasteiger charge is 2.25. The zero-order valence-corrected chi connectivity index (χ0v) is 33.9. The first-order valence-electron chi connectivity index (χ1n) is 22.2. The molecule has 0 radical (unpaired) electrons. The van der Waals surface area contributed by atoms with Gasteiger partial charge >= 0.3 is 0 Å². The molecule has 4 nitrogen and oxygen atoms in total. The van der Waals surface area contributed by atoms with Crippen LogP contribution in [-0.2, 0) is 36.4 Å². The second-order valence-electron chi connectivity index (χ2n) is 16.7. The van der Waals surface area contributed by atoms with E-state index in [0.29, 0.717) is 24.1 Å². The summed E-state index contributed by atoms with van der Waals surface area (Å²) in [5.74, 6) is 0. The van der Waals surface area contributed by atoms with E-state index in [1.807, 2.05) is 103 Å². The molecule has 5 aromatic carbocycles. The summed E-state index contributed by atoms with van der Waals surface area (Å²) >= 11 is 0. The molecule has 4 heteroatoms. The van der Waals surface area contributed by atoms with Crippen molar-refractivity contribution in [2.24, 2.45) is 0 Å². The average molecular weight is 772 g/mol. The molecule has 0 N–H and O–H groups in total. The van der Waals surface area contributed by atoms with Crippen molar-refractivity contribution >= 4 is 21.9 Å². The molecule has 9 rings (SSSR count). The minimum absolute atomic E-state index is 0.148. The van der Waals surface area contributed by atoms with E-state index in [-0.39, 0.29) is 22.0 Å². The predicted molar refractivity (Wildman–Crippen MR) is 244 cm³/mol. The number of fused-ring (bicyclic) bond motifs is 3. The molecule has 0 aliphatic heterocycles. The van der Waals surface area contributed by atoms with Crippen LogP contribution in [0.3, 0.4) is 0 Å². The summed E-state index contributed by atoms with van der Waals surface area (Å²) in [4.78, 5) is 14.4. The summed E-state index contributed by atoms with van der Waals surface area (Å²) in [7, 11) is 0. The Hall–Kier alpha value is -6.65. The lowest BCUT2D eigenvalue weighted by molar-refractivity contribution is 0.512. The Morgan fingerprint density at radius 3 is 1.53 bits per heavy atom. The van der Waals surface area contributed by atoms with E-state index in [0.717, 1.165) is 66.7 Å². The Morgan fingerprint density at radius 1 is 0.458 bits per heavy atom. The normalized spacial score (nSPS) is 13.5. The van der Waals surface area contributed by atoms with Crippen molar-refractivity contribution in [2.45, 2.75) is 64.1 Å². The average Bonchev–Trinajstić information content (AvgIpc) is 3.68. The van der Waals surface area contributed by atoms with Crippen LogP contribution in [-0.4, -0.2) is 15.0 Å². The van der Waals surface area contributed by atoms with E-state index in [2.05, 4.69) is 82.3 Å². The highest BCUT2D eigenvalue weighted by molar-refractivity contribution is 6.09. The first-order valence-corrected chi connectivity index (χ1v) is 20.2. The van der Waals surface area contributed by atoms with Gasteiger partial charge in [0.1, 0.15) is 11.2 Å². The molecule has 9 aromatic rings. The van der Waals surface area contributed by atoms with Gasteiger partial charge in [0.25, 0.3) is 0 Å². The van der Waals surface area contributed by atoms with Gasteiger partial charge in [-0.25, -0.2) is 0 Å². The number of hydrogen-bond donors (Lipinski definition) is 0. The van der Waals surface area contributed by atoms with Crippen LogP contribution in [0.4, 0.5) is 0 Å². The van der Waals surface area contributed by atoms with Crippen LogP contribution in [0.15, 0.2) is 181 Å². The van der Waals surface area contributed by atoms with Crippen molar-refractivity contribution in [3.05, 3.63) is 210 Å². The van der Waals surface area contributed by atoms with Gasteiger partial charge in [0.2, 0.25) is 0 Å². The van der Waals surface area contributed by atoms with Crippen molar-refractivity contribution < 1.29 is 9.90 Å². The molecule has 4 heterocycles. The van der Waals surface area contributed by atoms with Gasteiger partial charge in [-0.3, -0.25) is 15.0 Å². The van der Waals surface area contributed by atoms with E-state index >= 15 is 0 Å². The molecule has 0 aliphatic carbocycles. The van der Waals surface area contributed by atoms with Gasteiger partial charge in [-0.2, -0.15) is 0 Å². The summed E-state index contributed by atoms with van der Waals surface area (Å²) in [6, 6.07) is 51.7. The molecule has 0 aliphatic rings. The highest BCUT2D eigenvalue weighted by atomic mass is 16.3. The molecular weight excluding hydrogens is 719 g/mol. The number of aryl methyl sites for hydroxylation is 2. The largest absolute Gasteiger partial charge is 0.455 e.